The van der Waals surface area contributed by atoms with Crippen molar-refractivity contribution in [1.29, 1.82) is 0 Å². The Bertz CT molecular complexity index is 361. The number of nitrogen functional groups attached to an aromatic ring is 1. The molecule has 1 aromatic carbocycles. The summed E-state index contributed by atoms with van der Waals surface area (Å²) in [6, 6.07) is 2.77. The van der Waals surface area contributed by atoms with Gasteiger partial charge in [0.05, 0.1) is 10.6 Å². The molecule has 0 aliphatic carbocycles. The maximum absolute atomic E-state index is 10.5. The van der Waals surface area contributed by atoms with Gasteiger partial charge in [0.1, 0.15) is 0 Å². The summed E-state index contributed by atoms with van der Waals surface area (Å²) in [4.78, 5) is 10.5. The van der Waals surface area contributed by atoms with Crippen molar-refractivity contribution >= 4 is 39.2 Å². The van der Waals surface area contributed by atoms with Crippen LogP contribution in [0.15, 0.2) is 16.6 Å². The van der Waals surface area contributed by atoms with E-state index < -0.39 is 5.97 Å². The molecule has 0 aliphatic rings. The molecular formula is C7H5BrClCuNO3. The normalized spacial score (nSPS) is 8.86. The first-order valence-corrected chi connectivity index (χ1v) is 4.68. The van der Waals surface area contributed by atoms with E-state index in [-0.39, 0.29) is 11.3 Å². The summed E-state index contributed by atoms with van der Waals surface area (Å²) in [6.45, 7) is 0. The number of anilines is 1. The van der Waals surface area contributed by atoms with Crippen LogP contribution in [0.5, 0.6) is 0 Å². The Hall–Kier alpha value is -0.421. The van der Waals surface area contributed by atoms with Crippen LogP contribution < -0.4 is 5.73 Å². The molecule has 81 valence electrons. The SMILES string of the molecule is Nc1cc(Br)c(Cl)cc1C(=O)O.[O]=[Cu]. The molecular weight excluding hydrogens is 325 g/mol. The Balaban J connectivity index is 0.000000791. The second-order valence-electron chi connectivity index (χ2n) is 2.16. The van der Waals surface area contributed by atoms with Gasteiger partial charge >= 0.3 is 25.7 Å². The third kappa shape index (κ3) is 3.38. The summed E-state index contributed by atoms with van der Waals surface area (Å²) < 4.78 is 8.40. The fourth-order valence-corrected chi connectivity index (χ4v) is 1.27. The molecule has 7 heteroatoms. The molecule has 0 atom stereocenters. The van der Waals surface area contributed by atoms with Crippen LogP contribution in [0.1, 0.15) is 10.4 Å². The molecule has 4 nitrogen and oxygen atoms in total. The van der Waals surface area contributed by atoms with Crippen LogP contribution in [0, 0.1) is 0 Å². The first kappa shape index (κ1) is 13.6. The number of benzene rings is 1. The number of rotatable bonds is 1. The zero-order chi connectivity index (χ0) is 11.3. The topological polar surface area (TPSA) is 80.4 Å². The molecule has 14 heavy (non-hydrogen) atoms. The van der Waals surface area contributed by atoms with Gasteiger partial charge in [-0.2, -0.15) is 0 Å². The van der Waals surface area contributed by atoms with Crippen molar-refractivity contribution in [3.63, 3.8) is 0 Å². The molecule has 1 rings (SSSR count). The Morgan fingerprint density at radius 3 is 2.43 bits per heavy atom. The van der Waals surface area contributed by atoms with Crippen molar-refractivity contribution in [2.45, 2.75) is 0 Å². The molecule has 0 amide bonds. The van der Waals surface area contributed by atoms with Gasteiger partial charge < -0.3 is 10.8 Å². The van der Waals surface area contributed by atoms with Gasteiger partial charge in [0, 0.05) is 10.2 Å². The number of hydrogen-bond acceptors (Lipinski definition) is 3. The zero-order valence-corrected chi connectivity index (χ0v) is 9.84. The van der Waals surface area contributed by atoms with Crippen LogP contribution >= 0.6 is 27.5 Å². The van der Waals surface area contributed by atoms with Crippen LogP contribution in [0.4, 0.5) is 5.69 Å². The Morgan fingerprint density at radius 1 is 1.50 bits per heavy atom. The van der Waals surface area contributed by atoms with Gasteiger partial charge in [-0.15, -0.1) is 0 Å². The Morgan fingerprint density at radius 2 is 2.00 bits per heavy atom. The van der Waals surface area contributed by atoms with Crippen molar-refractivity contribution in [2.75, 3.05) is 5.73 Å². The van der Waals surface area contributed by atoms with Crippen LogP contribution in [0.3, 0.4) is 0 Å². The van der Waals surface area contributed by atoms with Crippen molar-refractivity contribution in [1.82, 2.24) is 0 Å². The number of carbonyl (C=O) groups is 1. The standard InChI is InChI=1S/C7H5BrClNO2.Cu.O/c8-4-2-6(10)3(7(11)12)1-5(4)9;;/h1-2H,10H2,(H,11,12);;. The van der Waals surface area contributed by atoms with Crippen LogP contribution in [0.2, 0.25) is 5.02 Å². The molecule has 0 fully saturated rings. The molecule has 0 saturated heterocycles. The molecule has 3 N–H and O–H groups in total. The maximum atomic E-state index is 10.5. The molecule has 0 aliphatic heterocycles. The van der Waals surface area contributed by atoms with Crippen molar-refractivity contribution in [3.05, 3.63) is 27.2 Å². The minimum atomic E-state index is -1.08. The van der Waals surface area contributed by atoms with Gasteiger partial charge in [-0.05, 0) is 28.1 Å². The molecule has 1 aromatic rings. The van der Waals surface area contributed by atoms with Gasteiger partial charge in [0.2, 0.25) is 0 Å². The average Bonchev–Trinajstić information content (AvgIpc) is 2.14. The van der Waals surface area contributed by atoms with E-state index in [2.05, 4.69) is 31.9 Å². The zero-order valence-electron chi connectivity index (χ0n) is 6.55. The third-order valence-corrected chi connectivity index (χ3v) is 2.52. The van der Waals surface area contributed by atoms with Crippen LogP contribution in [-0.2, 0) is 19.8 Å². The number of halogens is 2. The molecule has 0 bridgehead atoms. The van der Waals surface area contributed by atoms with E-state index in [4.69, 9.17) is 26.3 Å². The number of hydrogen-bond donors (Lipinski definition) is 2. The van der Waals surface area contributed by atoms with Crippen molar-refractivity contribution < 1.29 is 29.7 Å². The van der Waals surface area contributed by atoms with E-state index in [1.54, 1.807) is 0 Å². The summed E-state index contributed by atoms with van der Waals surface area (Å²) in [7, 11) is 0. The first-order valence-electron chi connectivity index (χ1n) is 3.12. The van der Waals surface area contributed by atoms with E-state index in [9.17, 15) is 4.79 Å². The van der Waals surface area contributed by atoms with Gasteiger partial charge in [-0.1, -0.05) is 11.6 Å². The summed E-state index contributed by atoms with van der Waals surface area (Å²) >= 11 is 11.7. The van der Waals surface area contributed by atoms with Gasteiger partial charge in [0.25, 0.3) is 0 Å². The molecule has 0 spiro atoms. The van der Waals surface area contributed by atoms with E-state index in [0.29, 0.717) is 9.50 Å². The van der Waals surface area contributed by atoms with E-state index in [1.807, 2.05) is 0 Å². The van der Waals surface area contributed by atoms with Gasteiger partial charge in [-0.3, -0.25) is 0 Å². The fraction of sp³-hybridized carbons (Fsp3) is 0. The second-order valence-corrected chi connectivity index (χ2v) is 3.42. The van der Waals surface area contributed by atoms with Gasteiger partial charge in [0.15, 0.2) is 0 Å². The number of carboxylic acid groups (broad SMARTS) is 1. The number of aromatic carboxylic acids is 1. The molecule has 0 unspecified atom stereocenters. The van der Waals surface area contributed by atoms with Crippen molar-refractivity contribution in [3.8, 4) is 0 Å². The molecule has 0 saturated carbocycles. The predicted molar refractivity (Wildman–Crippen MR) is 51.2 cm³/mol. The average molecular weight is 330 g/mol. The van der Waals surface area contributed by atoms with Gasteiger partial charge in [-0.25, -0.2) is 4.79 Å². The molecule has 0 heterocycles. The van der Waals surface area contributed by atoms with Crippen molar-refractivity contribution in [2.24, 2.45) is 0 Å². The Kier molecular flexibility index (Phi) is 5.95. The number of carboxylic acids is 1. The van der Waals surface area contributed by atoms with E-state index >= 15 is 0 Å². The third-order valence-electron chi connectivity index (χ3n) is 1.32. The fourth-order valence-electron chi connectivity index (χ4n) is 0.747. The summed E-state index contributed by atoms with van der Waals surface area (Å²) in [5, 5.41) is 8.96. The Labute approximate surface area is 102 Å². The quantitative estimate of drug-likeness (QED) is 0.611. The first-order chi connectivity index (χ1) is 6.52. The molecule has 0 radical (unpaired) electrons. The monoisotopic (exact) mass is 328 g/mol. The summed E-state index contributed by atoms with van der Waals surface area (Å²) in [5.74, 6) is -1.08. The van der Waals surface area contributed by atoms with E-state index in [1.165, 1.54) is 12.1 Å². The second kappa shape index (κ2) is 6.14. The summed E-state index contributed by atoms with van der Waals surface area (Å²) in [5.41, 5.74) is 5.63. The van der Waals surface area contributed by atoms with Crippen LogP contribution in [-0.4, -0.2) is 11.1 Å². The summed E-state index contributed by atoms with van der Waals surface area (Å²) in [6.07, 6.45) is 0. The van der Waals surface area contributed by atoms with Crippen LogP contribution in [0.25, 0.3) is 0 Å². The van der Waals surface area contributed by atoms with E-state index in [0.717, 1.165) is 0 Å². The molecule has 0 aromatic heterocycles. The predicted octanol–water partition coefficient (Wildman–Crippen LogP) is 2.26. The minimum absolute atomic E-state index is 0.0169. The number of nitrogens with two attached hydrogens (primary N) is 1.